The van der Waals surface area contributed by atoms with Gasteiger partial charge in [0.1, 0.15) is 0 Å². The predicted octanol–water partition coefficient (Wildman–Crippen LogP) is -0.354. The lowest BCUT2D eigenvalue weighted by atomic mass is 10.2. The number of aliphatic hydroxyl groups excluding tert-OH is 1. The summed E-state index contributed by atoms with van der Waals surface area (Å²) in [5.74, 6) is -1.02. The van der Waals surface area contributed by atoms with E-state index >= 15 is 0 Å². The number of aliphatic hydroxyl groups is 1. The number of carbonyl (C=O) groups excluding carboxylic acids is 2. The molecule has 0 aliphatic heterocycles. The fourth-order valence-electron chi connectivity index (χ4n) is 0.905. The quantitative estimate of drug-likeness (QED) is 0.549. The Balaban J connectivity index is 3.93. The van der Waals surface area contributed by atoms with Crippen LogP contribution >= 0.6 is 0 Å². The zero-order valence-corrected chi connectivity index (χ0v) is 9.54. The third-order valence-corrected chi connectivity index (χ3v) is 1.93. The van der Waals surface area contributed by atoms with Crippen molar-refractivity contribution in [2.75, 3.05) is 13.2 Å². The molecular formula is C10H20N2O3. The SMILES string of the molecule is CCC(CO)NC(=O)C(=O)NCC(C)C. The van der Waals surface area contributed by atoms with Gasteiger partial charge in [0.2, 0.25) is 0 Å². The molecule has 15 heavy (non-hydrogen) atoms. The molecule has 0 aliphatic rings. The van der Waals surface area contributed by atoms with Crippen LogP contribution in [0.4, 0.5) is 0 Å². The summed E-state index contributed by atoms with van der Waals surface area (Å²) in [6.45, 7) is 6.04. The monoisotopic (exact) mass is 216 g/mol. The number of carbonyl (C=O) groups is 2. The Morgan fingerprint density at radius 2 is 1.87 bits per heavy atom. The van der Waals surface area contributed by atoms with Gasteiger partial charge < -0.3 is 15.7 Å². The van der Waals surface area contributed by atoms with E-state index in [0.717, 1.165) is 0 Å². The molecule has 0 bridgehead atoms. The summed E-state index contributed by atoms with van der Waals surface area (Å²) >= 11 is 0. The van der Waals surface area contributed by atoms with Crippen molar-refractivity contribution in [2.45, 2.75) is 33.2 Å². The van der Waals surface area contributed by atoms with Gasteiger partial charge in [0.15, 0.2) is 0 Å². The molecule has 0 saturated carbocycles. The van der Waals surface area contributed by atoms with Crippen molar-refractivity contribution in [3.8, 4) is 0 Å². The maximum Gasteiger partial charge on any atom is 0.309 e. The van der Waals surface area contributed by atoms with Gasteiger partial charge >= 0.3 is 11.8 Å². The molecule has 0 spiro atoms. The minimum Gasteiger partial charge on any atom is -0.394 e. The molecule has 0 aromatic carbocycles. The van der Waals surface area contributed by atoms with Crippen molar-refractivity contribution in [3.63, 3.8) is 0 Å². The maximum absolute atomic E-state index is 11.2. The van der Waals surface area contributed by atoms with Gasteiger partial charge in [-0.05, 0) is 12.3 Å². The topological polar surface area (TPSA) is 78.4 Å². The van der Waals surface area contributed by atoms with Crippen LogP contribution in [-0.2, 0) is 9.59 Å². The van der Waals surface area contributed by atoms with Gasteiger partial charge in [-0.15, -0.1) is 0 Å². The summed E-state index contributed by atoms with van der Waals surface area (Å²) in [5.41, 5.74) is 0. The lowest BCUT2D eigenvalue weighted by molar-refractivity contribution is -0.139. The molecule has 0 aromatic heterocycles. The Kier molecular flexibility index (Phi) is 6.70. The minimum atomic E-state index is -0.684. The van der Waals surface area contributed by atoms with Gasteiger partial charge in [-0.25, -0.2) is 0 Å². The zero-order valence-electron chi connectivity index (χ0n) is 9.54. The molecule has 0 heterocycles. The second-order valence-corrected chi connectivity index (χ2v) is 3.87. The summed E-state index contributed by atoms with van der Waals surface area (Å²) in [6, 6.07) is -0.345. The van der Waals surface area contributed by atoms with Crippen LogP contribution in [0.15, 0.2) is 0 Å². The molecule has 5 heteroatoms. The largest absolute Gasteiger partial charge is 0.394 e. The fraction of sp³-hybridized carbons (Fsp3) is 0.800. The van der Waals surface area contributed by atoms with Crippen molar-refractivity contribution in [3.05, 3.63) is 0 Å². The van der Waals surface area contributed by atoms with Crippen LogP contribution in [0.1, 0.15) is 27.2 Å². The Labute approximate surface area is 90.2 Å². The molecule has 5 nitrogen and oxygen atoms in total. The van der Waals surface area contributed by atoms with E-state index in [9.17, 15) is 9.59 Å². The molecule has 0 saturated heterocycles. The van der Waals surface area contributed by atoms with E-state index in [-0.39, 0.29) is 12.6 Å². The summed E-state index contributed by atoms with van der Waals surface area (Å²) in [4.78, 5) is 22.5. The molecule has 3 N–H and O–H groups in total. The van der Waals surface area contributed by atoms with Gasteiger partial charge in [0.05, 0.1) is 12.6 Å². The molecule has 1 atom stereocenters. The first kappa shape index (κ1) is 13.9. The number of rotatable bonds is 5. The van der Waals surface area contributed by atoms with Gasteiger partial charge in [0.25, 0.3) is 0 Å². The Bertz CT molecular complexity index is 213. The van der Waals surface area contributed by atoms with Crippen LogP contribution in [-0.4, -0.2) is 36.1 Å². The van der Waals surface area contributed by atoms with Crippen molar-refractivity contribution >= 4 is 11.8 Å². The van der Waals surface area contributed by atoms with Crippen LogP contribution < -0.4 is 10.6 Å². The van der Waals surface area contributed by atoms with E-state index < -0.39 is 11.8 Å². The molecule has 2 amide bonds. The number of hydrogen-bond acceptors (Lipinski definition) is 3. The second-order valence-electron chi connectivity index (χ2n) is 3.87. The summed E-state index contributed by atoms with van der Waals surface area (Å²) in [7, 11) is 0. The molecule has 1 unspecified atom stereocenters. The molecule has 0 rings (SSSR count). The second kappa shape index (κ2) is 7.23. The molecular weight excluding hydrogens is 196 g/mol. The Hall–Kier alpha value is -1.10. The molecule has 0 aromatic rings. The first-order chi connectivity index (χ1) is 7.01. The molecule has 88 valence electrons. The van der Waals surface area contributed by atoms with Gasteiger partial charge in [-0.2, -0.15) is 0 Å². The van der Waals surface area contributed by atoms with Crippen LogP contribution in [0, 0.1) is 5.92 Å². The molecule has 0 aliphatic carbocycles. The number of hydrogen-bond donors (Lipinski definition) is 3. The van der Waals surface area contributed by atoms with Crippen LogP contribution in [0.5, 0.6) is 0 Å². The predicted molar refractivity (Wildman–Crippen MR) is 57.2 cm³/mol. The van der Waals surface area contributed by atoms with Crippen LogP contribution in [0.3, 0.4) is 0 Å². The third kappa shape index (κ3) is 6.06. The molecule has 0 radical (unpaired) electrons. The van der Waals surface area contributed by atoms with E-state index in [1.54, 1.807) is 0 Å². The Morgan fingerprint density at radius 3 is 2.27 bits per heavy atom. The third-order valence-electron chi connectivity index (χ3n) is 1.93. The average Bonchev–Trinajstić information content (AvgIpc) is 2.21. The summed E-state index contributed by atoms with van der Waals surface area (Å²) in [6.07, 6.45) is 0.597. The first-order valence-corrected chi connectivity index (χ1v) is 5.20. The summed E-state index contributed by atoms with van der Waals surface area (Å²) < 4.78 is 0. The van der Waals surface area contributed by atoms with E-state index in [0.29, 0.717) is 18.9 Å². The minimum absolute atomic E-state index is 0.153. The highest BCUT2D eigenvalue weighted by atomic mass is 16.3. The van der Waals surface area contributed by atoms with Crippen LogP contribution in [0.2, 0.25) is 0 Å². The molecule has 0 fully saturated rings. The first-order valence-electron chi connectivity index (χ1n) is 5.20. The lowest BCUT2D eigenvalue weighted by Gasteiger charge is -2.14. The average molecular weight is 216 g/mol. The zero-order chi connectivity index (χ0) is 11.8. The summed E-state index contributed by atoms with van der Waals surface area (Å²) in [5, 5.41) is 13.8. The van der Waals surface area contributed by atoms with E-state index in [2.05, 4.69) is 10.6 Å². The van der Waals surface area contributed by atoms with Crippen molar-refractivity contribution < 1.29 is 14.7 Å². The van der Waals surface area contributed by atoms with E-state index in [1.807, 2.05) is 20.8 Å². The standard InChI is InChI=1S/C10H20N2O3/c1-4-8(6-13)12-10(15)9(14)11-5-7(2)3/h7-8,13H,4-6H2,1-3H3,(H,11,14)(H,12,15). The number of nitrogens with one attached hydrogen (secondary N) is 2. The van der Waals surface area contributed by atoms with E-state index in [1.165, 1.54) is 0 Å². The normalized spacial score (nSPS) is 12.3. The van der Waals surface area contributed by atoms with Gasteiger partial charge in [0, 0.05) is 6.54 Å². The smallest absolute Gasteiger partial charge is 0.309 e. The highest BCUT2D eigenvalue weighted by molar-refractivity contribution is 6.35. The van der Waals surface area contributed by atoms with Crippen molar-refractivity contribution in [1.82, 2.24) is 10.6 Å². The lowest BCUT2D eigenvalue weighted by Crippen LogP contribution is -2.46. The fourth-order valence-corrected chi connectivity index (χ4v) is 0.905. The van der Waals surface area contributed by atoms with Gasteiger partial charge in [-0.3, -0.25) is 9.59 Å². The maximum atomic E-state index is 11.2. The van der Waals surface area contributed by atoms with Gasteiger partial charge in [-0.1, -0.05) is 20.8 Å². The van der Waals surface area contributed by atoms with E-state index in [4.69, 9.17) is 5.11 Å². The highest BCUT2D eigenvalue weighted by Crippen LogP contribution is 1.90. The van der Waals surface area contributed by atoms with Crippen molar-refractivity contribution in [2.24, 2.45) is 5.92 Å². The van der Waals surface area contributed by atoms with Crippen molar-refractivity contribution in [1.29, 1.82) is 0 Å². The number of amides is 2. The van der Waals surface area contributed by atoms with Crippen LogP contribution in [0.25, 0.3) is 0 Å². The Morgan fingerprint density at radius 1 is 1.27 bits per heavy atom. The highest BCUT2D eigenvalue weighted by Gasteiger charge is 2.16.